The molecule has 0 saturated carbocycles. The number of nitrogens with zero attached hydrogens (tertiary/aromatic N) is 1. The molecule has 1 aromatic rings. The lowest BCUT2D eigenvalue weighted by molar-refractivity contribution is -0.0426. The van der Waals surface area contributed by atoms with E-state index < -0.39 is 15.6 Å². The Kier molecular flexibility index (Phi) is 3.21. The molecule has 0 radical (unpaired) electrons. The summed E-state index contributed by atoms with van der Waals surface area (Å²) in [5.41, 5.74) is 5.80. The van der Waals surface area contributed by atoms with Gasteiger partial charge in [0.15, 0.2) is 0 Å². The summed E-state index contributed by atoms with van der Waals surface area (Å²) < 4.78 is 26.6. The molecule has 0 amide bonds. The Hall–Kier alpha value is -0.630. The van der Waals surface area contributed by atoms with Crippen LogP contribution in [0, 0.1) is 6.92 Å². The van der Waals surface area contributed by atoms with Gasteiger partial charge in [0, 0.05) is 23.2 Å². The fraction of sp³-hybridized carbons (Fsp3) is 0.455. The molecule has 0 aliphatic carbocycles. The average Bonchev–Trinajstić information content (AvgIpc) is 2.19. The fourth-order valence-corrected chi connectivity index (χ4v) is 4.55. The van der Waals surface area contributed by atoms with Gasteiger partial charge in [-0.05, 0) is 31.5 Å². The van der Waals surface area contributed by atoms with Crippen molar-refractivity contribution in [2.75, 3.05) is 18.8 Å². The van der Waals surface area contributed by atoms with Crippen molar-refractivity contribution < 1.29 is 13.5 Å². The van der Waals surface area contributed by atoms with E-state index in [4.69, 9.17) is 5.73 Å². The molecule has 0 unspecified atom stereocenters. The van der Waals surface area contributed by atoms with Gasteiger partial charge in [0.25, 0.3) is 0 Å². The highest BCUT2D eigenvalue weighted by atomic mass is 79.9. The minimum atomic E-state index is -3.59. The number of anilines is 1. The van der Waals surface area contributed by atoms with Crippen LogP contribution in [0.5, 0.6) is 0 Å². The molecular formula is C11H15BrN2O3S. The molecule has 1 aliphatic rings. The average molecular weight is 335 g/mol. The Morgan fingerprint density at radius 1 is 1.44 bits per heavy atom. The molecule has 1 heterocycles. The van der Waals surface area contributed by atoms with Gasteiger partial charge in [-0.3, -0.25) is 0 Å². The monoisotopic (exact) mass is 334 g/mol. The second-order valence-electron chi connectivity index (χ2n) is 4.89. The van der Waals surface area contributed by atoms with E-state index in [1.54, 1.807) is 19.9 Å². The van der Waals surface area contributed by atoms with E-state index in [9.17, 15) is 13.5 Å². The second kappa shape index (κ2) is 4.19. The van der Waals surface area contributed by atoms with Crippen LogP contribution in [-0.2, 0) is 10.0 Å². The molecule has 1 fully saturated rings. The van der Waals surface area contributed by atoms with Gasteiger partial charge in [-0.25, -0.2) is 8.42 Å². The van der Waals surface area contributed by atoms with Crippen molar-refractivity contribution in [2.24, 2.45) is 0 Å². The van der Waals surface area contributed by atoms with Crippen molar-refractivity contribution in [1.29, 1.82) is 0 Å². The van der Waals surface area contributed by atoms with Crippen LogP contribution < -0.4 is 5.73 Å². The van der Waals surface area contributed by atoms with E-state index in [-0.39, 0.29) is 18.0 Å². The molecule has 7 heteroatoms. The first-order valence-corrected chi connectivity index (χ1v) is 7.65. The Morgan fingerprint density at radius 3 is 2.50 bits per heavy atom. The number of hydrogen-bond donors (Lipinski definition) is 2. The maximum atomic E-state index is 12.4. The predicted octanol–water partition coefficient (Wildman–Crippen LogP) is 1.10. The number of benzene rings is 1. The smallest absolute Gasteiger partial charge is 0.243 e. The van der Waals surface area contributed by atoms with E-state index in [2.05, 4.69) is 15.9 Å². The SMILES string of the molecule is Cc1c(N)cc(Br)cc1S(=O)(=O)N1CC(C)(O)C1. The van der Waals surface area contributed by atoms with Crippen molar-refractivity contribution >= 4 is 31.6 Å². The molecule has 1 saturated heterocycles. The minimum Gasteiger partial charge on any atom is -0.398 e. The van der Waals surface area contributed by atoms with Crippen molar-refractivity contribution in [3.05, 3.63) is 22.2 Å². The van der Waals surface area contributed by atoms with Crippen LogP contribution in [0.3, 0.4) is 0 Å². The van der Waals surface area contributed by atoms with Crippen molar-refractivity contribution in [2.45, 2.75) is 24.3 Å². The maximum absolute atomic E-state index is 12.4. The number of nitrogens with two attached hydrogens (primary N) is 1. The van der Waals surface area contributed by atoms with Crippen LogP contribution >= 0.6 is 15.9 Å². The van der Waals surface area contributed by atoms with E-state index >= 15 is 0 Å². The lowest BCUT2D eigenvalue weighted by atomic mass is 10.0. The van der Waals surface area contributed by atoms with Gasteiger partial charge in [0.1, 0.15) is 0 Å². The number of sulfonamides is 1. The van der Waals surface area contributed by atoms with Gasteiger partial charge in [-0.15, -0.1) is 0 Å². The number of hydrogen-bond acceptors (Lipinski definition) is 4. The normalized spacial score (nSPS) is 19.6. The van der Waals surface area contributed by atoms with Gasteiger partial charge in [0.05, 0.1) is 10.5 Å². The summed E-state index contributed by atoms with van der Waals surface area (Å²) >= 11 is 3.24. The highest BCUT2D eigenvalue weighted by molar-refractivity contribution is 9.10. The molecule has 0 bridgehead atoms. The molecule has 0 aromatic heterocycles. The van der Waals surface area contributed by atoms with Gasteiger partial charge in [-0.1, -0.05) is 15.9 Å². The Bertz CT molecular complexity index is 591. The van der Waals surface area contributed by atoms with E-state index in [1.807, 2.05) is 0 Å². The first-order valence-electron chi connectivity index (χ1n) is 5.42. The first kappa shape index (κ1) is 13.8. The standard InChI is InChI=1S/C11H15BrN2O3S/c1-7-9(13)3-8(12)4-10(7)18(16,17)14-5-11(2,15)6-14/h3-4,15H,5-6,13H2,1-2H3. The quantitative estimate of drug-likeness (QED) is 0.793. The highest BCUT2D eigenvalue weighted by Crippen LogP contribution is 2.32. The molecule has 18 heavy (non-hydrogen) atoms. The topological polar surface area (TPSA) is 83.6 Å². The van der Waals surface area contributed by atoms with Crippen LogP contribution in [0.4, 0.5) is 5.69 Å². The Labute approximate surface area is 115 Å². The zero-order valence-electron chi connectivity index (χ0n) is 10.1. The number of nitrogen functional groups attached to an aromatic ring is 1. The zero-order valence-corrected chi connectivity index (χ0v) is 12.5. The number of rotatable bonds is 2. The van der Waals surface area contributed by atoms with Crippen molar-refractivity contribution in [3.63, 3.8) is 0 Å². The fourth-order valence-electron chi connectivity index (χ4n) is 1.96. The van der Waals surface area contributed by atoms with Crippen LogP contribution in [0.2, 0.25) is 0 Å². The largest absolute Gasteiger partial charge is 0.398 e. The van der Waals surface area contributed by atoms with Crippen LogP contribution in [-0.4, -0.2) is 36.5 Å². The van der Waals surface area contributed by atoms with Gasteiger partial charge >= 0.3 is 0 Å². The highest BCUT2D eigenvalue weighted by Gasteiger charge is 2.44. The lowest BCUT2D eigenvalue weighted by Crippen LogP contribution is -2.61. The molecule has 3 N–H and O–H groups in total. The molecule has 100 valence electrons. The summed E-state index contributed by atoms with van der Waals surface area (Å²) in [5.74, 6) is 0. The molecular weight excluding hydrogens is 320 g/mol. The maximum Gasteiger partial charge on any atom is 0.243 e. The Balaban J connectivity index is 2.43. The van der Waals surface area contributed by atoms with E-state index in [1.165, 1.54) is 10.4 Å². The second-order valence-corrected chi connectivity index (χ2v) is 7.71. The number of halogens is 1. The van der Waals surface area contributed by atoms with Gasteiger partial charge < -0.3 is 10.8 Å². The minimum absolute atomic E-state index is 0.112. The number of aliphatic hydroxyl groups is 1. The third-order valence-corrected chi connectivity index (χ3v) is 5.39. The molecule has 0 atom stereocenters. The summed E-state index contributed by atoms with van der Waals surface area (Å²) in [4.78, 5) is 0.185. The van der Waals surface area contributed by atoms with Gasteiger partial charge in [-0.2, -0.15) is 4.31 Å². The lowest BCUT2D eigenvalue weighted by Gasteiger charge is -2.43. The predicted molar refractivity (Wildman–Crippen MR) is 72.7 cm³/mol. The number of β-amino-alcohol motifs (C(OH)–C–C–N with tert-alkyl or cyclic N) is 1. The molecule has 1 aromatic carbocycles. The molecule has 1 aliphatic heterocycles. The summed E-state index contributed by atoms with van der Waals surface area (Å²) in [6, 6.07) is 3.20. The third kappa shape index (κ3) is 2.27. The summed E-state index contributed by atoms with van der Waals surface area (Å²) in [6.07, 6.45) is 0. The molecule has 0 spiro atoms. The van der Waals surface area contributed by atoms with E-state index in [0.717, 1.165) is 0 Å². The van der Waals surface area contributed by atoms with Gasteiger partial charge in [0.2, 0.25) is 10.0 Å². The molecule has 2 rings (SSSR count). The van der Waals surface area contributed by atoms with Crippen molar-refractivity contribution in [3.8, 4) is 0 Å². The molecule has 5 nitrogen and oxygen atoms in total. The Morgan fingerprint density at radius 2 is 2.00 bits per heavy atom. The summed E-state index contributed by atoms with van der Waals surface area (Å²) in [7, 11) is -3.59. The van der Waals surface area contributed by atoms with Crippen LogP contribution in [0.15, 0.2) is 21.5 Å². The van der Waals surface area contributed by atoms with Crippen molar-refractivity contribution in [1.82, 2.24) is 4.31 Å². The summed E-state index contributed by atoms with van der Waals surface area (Å²) in [6.45, 7) is 3.51. The zero-order chi connectivity index (χ0) is 13.7. The van der Waals surface area contributed by atoms with Crippen LogP contribution in [0.1, 0.15) is 12.5 Å². The third-order valence-electron chi connectivity index (χ3n) is 3.02. The van der Waals surface area contributed by atoms with E-state index in [0.29, 0.717) is 15.7 Å². The first-order chi connectivity index (χ1) is 8.13. The summed E-state index contributed by atoms with van der Waals surface area (Å²) in [5, 5.41) is 9.63. The van der Waals surface area contributed by atoms with Crippen LogP contribution in [0.25, 0.3) is 0 Å².